The molecule has 218 valence electrons. The highest BCUT2D eigenvalue weighted by atomic mass is 16.7. The molecule has 0 bridgehead atoms. The summed E-state index contributed by atoms with van der Waals surface area (Å²) in [5, 5.41) is 61.8. The summed E-state index contributed by atoms with van der Waals surface area (Å²) in [7, 11) is 0. The molecule has 1 aromatic carbocycles. The molecule has 1 spiro atoms. The van der Waals surface area contributed by atoms with Gasteiger partial charge >= 0.3 is 0 Å². The highest BCUT2D eigenvalue weighted by Crippen LogP contribution is 2.67. The van der Waals surface area contributed by atoms with E-state index in [0.717, 1.165) is 19.3 Å². The van der Waals surface area contributed by atoms with Crippen molar-refractivity contribution in [2.75, 3.05) is 6.61 Å². The number of aliphatic hydroxyl groups excluding tert-OH is 5. The molecule has 2 saturated carbocycles. The van der Waals surface area contributed by atoms with Gasteiger partial charge < -0.3 is 44.8 Å². The molecule has 0 amide bonds. The summed E-state index contributed by atoms with van der Waals surface area (Å²) in [5.41, 5.74) is -0.144. The Morgan fingerprint density at radius 1 is 1.08 bits per heavy atom. The first-order valence-electron chi connectivity index (χ1n) is 13.9. The number of aldehydes is 1. The Kier molecular flexibility index (Phi) is 7.32. The van der Waals surface area contributed by atoms with Crippen molar-refractivity contribution in [2.24, 2.45) is 22.7 Å². The normalized spacial score (nSPS) is 43.0. The Bertz CT molecular complexity index is 1100. The molecule has 6 N–H and O–H groups in total. The van der Waals surface area contributed by atoms with Crippen molar-refractivity contribution in [3.8, 4) is 11.5 Å². The maximum absolute atomic E-state index is 12.4. The molecule has 4 aliphatic rings. The van der Waals surface area contributed by atoms with Crippen molar-refractivity contribution in [1.29, 1.82) is 0 Å². The van der Waals surface area contributed by atoms with E-state index in [1.807, 2.05) is 0 Å². The number of fused-ring (bicyclic) bond motifs is 3. The lowest BCUT2D eigenvalue weighted by Gasteiger charge is -2.64. The van der Waals surface area contributed by atoms with Crippen LogP contribution >= 0.6 is 0 Å². The molecule has 5 rings (SSSR count). The average molecular weight is 551 g/mol. The van der Waals surface area contributed by atoms with Gasteiger partial charge in [0, 0.05) is 17.4 Å². The van der Waals surface area contributed by atoms with Crippen LogP contribution in [0.3, 0.4) is 0 Å². The fourth-order valence-corrected chi connectivity index (χ4v) is 8.19. The fourth-order valence-electron chi connectivity index (χ4n) is 8.19. The van der Waals surface area contributed by atoms with E-state index in [1.54, 1.807) is 0 Å². The number of aromatic hydroxyl groups is 1. The van der Waals surface area contributed by atoms with E-state index in [4.69, 9.17) is 14.2 Å². The lowest BCUT2D eigenvalue weighted by atomic mass is 9.43. The minimum atomic E-state index is -1.59. The van der Waals surface area contributed by atoms with Gasteiger partial charge in [-0.1, -0.05) is 27.7 Å². The number of carbonyl (C=O) groups excluding carboxylic acids is 1. The third-order valence-electron chi connectivity index (χ3n) is 10.7. The molecule has 3 fully saturated rings. The third-order valence-corrected chi connectivity index (χ3v) is 10.7. The first kappa shape index (κ1) is 28.7. The van der Waals surface area contributed by atoms with E-state index in [0.29, 0.717) is 36.0 Å². The number of benzene rings is 1. The molecule has 0 unspecified atom stereocenters. The van der Waals surface area contributed by atoms with E-state index in [-0.39, 0.29) is 40.6 Å². The molecule has 0 aromatic heterocycles. The topological polar surface area (TPSA) is 166 Å². The van der Waals surface area contributed by atoms with Gasteiger partial charge in [-0.25, -0.2) is 0 Å². The van der Waals surface area contributed by atoms with Crippen LogP contribution in [0.2, 0.25) is 0 Å². The van der Waals surface area contributed by atoms with Gasteiger partial charge in [-0.3, -0.25) is 4.79 Å². The Hall–Kier alpha value is -1.79. The quantitative estimate of drug-likeness (QED) is 0.295. The summed E-state index contributed by atoms with van der Waals surface area (Å²) in [6.45, 7) is 7.77. The summed E-state index contributed by atoms with van der Waals surface area (Å²) >= 11 is 0. The van der Waals surface area contributed by atoms with Gasteiger partial charge in [-0.2, -0.15) is 0 Å². The highest BCUT2D eigenvalue weighted by Gasteiger charge is 2.67. The number of rotatable bonds is 5. The zero-order chi connectivity index (χ0) is 28.5. The molecular formula is C29H42O10. The van der Waals surface area contributed by atoms with Gasteiger partial charge in [0.1, 0.15) is 41.5 Å². The molecule has 0 radical (unpaired) electrons. The first-order valence-corrected chi connectivity index (χ1v) is 13.9. The standard InChI is InChI=1S/C29H42O10/c1-14-5-6-20-27(2,3)21(33)7-8-28(20,4)29(14)10-16-18(32)9-15(17(11-30)25(16)39-29)13-37-26-24(36)23(35)22(34)19(12-31)38-26/h9,11,14,19-24,26,31-36H,5-8,10,12-13H2,1-4H3/t14-,19+,20+,21-,22+,23+,24+,26-,28+,29-/m1/s1. The van der Waals surface area contributed by atoms with Gasteiger partial charge in [0.15, 0.2) is 12.6 Å². The molecule has 10 atom stereocenters. The number of ether oxygens (including phenoxy) is 3. The van der Waals surface area contributed by atoms with E-state index in [2.05, 4.69) is 27.7 Å². The molecule has 2 aliphatic carbocycles. The smallest absolute Gasteiger partial charge is 0.187 e. The van der Waals surface area contributed by atoms with Crippen LogP contribution in [0.25, 0.3) is 0 Å². The second kappa shape index (κ2) is 9.94. The summed E-state index contributed by atoms with van der Waals surface area (Å²) in [6, 6.07) is 1.46. The fraction of sp³-hybridized carbons (Fsp3) is 0.759. The predicted molar refractivity (Wildman–Crippen MR) is 138 cm³/mol. The molecular weight excluding hydrogens is 508 g/mol. The van der Waals surface area contributed by atoms with Crippen LogP contribution in [0.15, 0.2) is 6.07 Å². The van der Waals surface area contributed by atoms with Gasteiger partial charge in [0.25, 0.3) is 0 Å². The third kappa shape index (κ3) is 4.14. The van der Waals surface area contributed by atoms with E-state index >= 15 is 0 Å². The molecule has 1 saturated heterocycles. The van der Waals surface area contributed by atoms with Gasteiger partial charge in [-0.15, -0.1) is 0 Å². The number of hydrogen-bond donors (Lipinski definition) is 6. The molecule has 1 aromatic rings. The zero-order valence-corrected chi connectivity index (χ0v) is 23.0. The zero-order valence-electron chi connectivity index (χ0n) is 23.0. The number of hydrogen-bond acceptors (Lipinski definition) is 10. The molecule has 10 nitrogen and oxygen atoms in total. The van der Waals surface area contributed by atoms with Crippen LogP contribution in [0, 0.1) is 22.7 Å². The van der Waals surface area contributed by atoms with Crippen molar-refractivity contribution in [3.05, 3.63) is 22.8 Å². The second-order valence-electron chi connectivity index (χ2n) is 12.9. The van der Waals surface area contributed by atoms with E-state index < -0.39 is 49.0 Å². The van der Waals surface area contributed by atoms with Crippen molar-refractivity contribution in [1.82, 2.24) is 0 Å². The monoisotopic (exact) mass is 550 g/mol. The lowest BCUT2D eigenvalue weighted by molar-refractivity contribution is -0.304. The van der Waals surface area contributed by atoms with Crippen LogP contribution in [0.4, 0.5) is 0 Å². The minimum Gasteiger partial charge on any atom is -0.508 e. The van der Waals surface area contributed by atoms with E-state index in [9.17, 15) is 35.4 Å². The molecule has 2 heterocycles. The number of phenols is 1. The van der Waals surface area contributed by atoms with Crippen LogP contribution in [0.1, 0.15) is 74.9 Å². The SMILES string of the molecule is C[C@@H]1CC[C@H]2C(C)(C)[C@H](O)CC[C@]2(C)[C@@]12Cc1c(O)cc(CO[C@@H]3O[C@@H](CO)[C@H](O)[C@H](O)[C@@H]3O)c(C=O)c1O2. The minimum absolute atomic E-state index is 0.0205. The maximum Gasteiger partial charge on any atom is 0.187 e. The number of phenolic OH excluding ortho intramolecular Hbond substituents is 1. The van der Waals surface area contributed by atoms with Gasteiger partial charge in [0.05, 0.1) is 24.9 Å². The van der Waals surface area contributed by atoms with E-state index in [1.165, 1.54) is 6.07 Å². The van der Waals surface area contributed by atoms with Crippen LogP contribution in [-0.2, 0) is 22.5 Å². The van der Waals surface area contributed by atoms with Crippen molar-refractivity contribution < 1.29 is 49.6 Å². The van der Waals surface area contributed by atoms with Crippen LogP contribution < -0.4 is 4.74 Å². The van der Waals surface area contributed by atoms with Crippen molar-refractivity contribution >= 4 is 6.29 Å². The van der Waals surface area contributed by atoms with Crippen LogP contribution in [0.5, 0.6) is 11.5 Å². The maximum atomic E-state index is 12.4. The highest BCUT2D eigenvalue weighted by molar-refractivity contribution is 5.84. The Labute approximate surface area is 228 Å². The first-order chi connectivity index (χ1) is 18.3. The Morgan fingerprint density at radius 3 is 2.46 bits per heavy atom. The number of aliphatic hydroxyl groups is 5. The van der Waals surface area contributed by atoms with Gasteiger partial charge in [-0.05, 0) is 54.6 Å². The Balaban J connectivity index is 1.46. The molecule has 2 aliphatic heterocycles. The largest absolute Gasteiger partial charge is 0.508 e. The predicted octanol–water partition coefficient (Wildman–Crippen LogP) is 1.43. The van der Waals surface area contributed by atoms with Crippen molar-refractivity contribution in [2.45, 2.75) is 109 Å². The second-order valence-corrected chi connectivity index (χ2v) is 12.9. The van der Waals surface area contributed by atoms with Crippen molar-refractivity contribution in [3.63, 3.8) is 0 Å². The van der Waals surface area contributed by atoms with Crippen LogP contribution in [-0.4, -0.2) is 85.9 Å². The van der Waals surface area contributed by atoms with Gasteiger partial charge in [0.2, 0.25) is 0 Å². The summed E-state index contributed by atoms with van der Waals surface area (Å²) in [5.74, 6) is 0.642. The summed E-state index contributed by atoms with van der Waals surface area (Å²) in [4.78, 5) is 12.4. The molecule has 10 heteroatoms. The lowest BCUT2D eigenvalue weighted by Crippen LogP contribution is -2.66. The Morgan fingerprint density at radius 2 is 1.79 bits per heavy atom. The summed E-state index contributed by atoms with van der Waals surface area (Å²) < 4.78 is 18.0. The number of carbonyl (C=O) groups is 1. The molecule has 39 heavy (non-hydrogen) atoms. The average Bonchev–Trinajstić information content (AvgIpc) is 3.31. The summed E-state index contributed by atoms with van der Waals surface area (Å²) in [6.07, 6.45) is -3.21.